The SMILES string of the molecule is Oc1ccc(F)cc1N=Nc1nccs1. The van der Waals surface area contributed by atoms with Crippen LogP contribution in [0.25, 0.3) is 0 Å². The van der Waals surface area contributed by atoms with Gasteiger partial charge >= 0.3 is 0 Å². The molecule has 1 N–H and O–H groups in total. The predicted molar refractivity (Wildman–Crippen MR) is 54.4 cm³/mol. The van der Waals surface area contributed by atoms with E-state index in [4.69, 9.17) is 0 Å². The minimum atomic E-state index is -0.471. The standard InChI is InChI=1S/C9H6FN3OS/c10-6-1-2-8(14)7(5-6)12-13-9-11-3-4-15-9/h1-5,14H. The molecule has 0 unspecified atom stereocenters. The summed E-state index contributed by atoms with van der Waals surface area (Å²) in [7, 11) is 0. The number of nitrogens with zero attached hydrogens (tertiary/aromatic N) is 3. The van der Waals surface area contributed by atoms with E-state index in [0.29, 0.717) is 5.13 Å². The summed E-state index contributed by atoms with van der Waals surface area (Å²) in [6.45, 7) is 0. The third-order valence-electron chi connectivity index (χ3n) is 1.60. The van der Waals surface area contributed by atoms with Crippen LogP contribution in [0.4, 0.5) is 15.2 Å². The van der Waals surface area contributed by atoms with Gasteiger partial charge in [0.05, 0.1) is 0 Å². The van der Waals surface area contributed by atoms with Gasteiger partial charge in [0.25, 0.3) is 0 Å². The molecule has 0 amide bonds. The third kappa shape index (κ3) is 2.35. The lowest BCUT2D eigenvalue weighted by Gasteiger charge is -1.95. The van der Waals surface area contributed by atoms with Crippen molar-refractivity contribution in [3.63, 3.8) is 0 Å². The second kappa shape index (κ2) is 4.14. The maximum atomic E-state index is 12.8. The zero-order valence-electron chi connectivity index (χ0n) is 7.46. The fourth-order valence-corrected chi connectivity index (χ4v) is 1.39. The average Bonchev–Trinajstić information content (AvgIpc) is 2.72. The Morgan fingerprint density at radius 1 is 1.33 bits per heavy atom. The number of aromatic hydroxyl groups is 1. The molecule has 0 fully saturated rings. The van der Waals surface area contributed by atoms with Crippen molar-refractivity contribution in [3.8, 4) is 5.75 Å². The van der Waals surface area contributed by atoms with E-state index in [9.17, 15) is 9.50 Å². The molecule has 6 heteroatoms. The zero-order valence-corrected chi connectivity index (χ0v) is 8.28. The van der Waals surface area contributed by atoms with Crippen molar-refractivity contribution in [2.75, 3.05) is 0 Å². The first-order valence-electron chi connectivity index (χ1n) is 4.05. The Balaban J connectivity index is 2.27. The highest BCUT2D eigenvalue weighted by Crippen LogP contribution is 2.28. The minimum Gasteiger partial charge on any atom is -0.506 e. The Hall–Kier alpha value is -1.82. The summed E-state index contributed by atoms with van der Waals surface area (Å²) in [6, 6.07) is 3.48. The summed E-state index contributed by atoms with van der Waals surface area (Å²) >= 11 is 1.31. The van der Waals surface area contributed by atoms with Gasteiger partial charge in [-0.2, -0.15) is 0 Å². The molecule has 0 spiro atoms. The second-order valence-electron chi connectivity index (χ2n) is 2.65. The summed E-state index contributed by atoms with van der Waals surface area (Å²) < 4.78 is 12.8. The lowest BCUT2D eigenvalue weighted by Crippen LogP contribution is -1.72. The number of azo groups is 1. The number of aromatic nitrogens is 1. The first-order chi connectivity index (χ1) is 7.25. The van der Waals surface area contributed by atoms with Crippen LogP contribution in [0.2, 0.25) is 0 Å². The van der Waals surface area contributed by atoms with Crippen molar-refractivity contribution in [2.24, 2.45) is 10.2 Å². The van der Waals surface area contributed by atoms with E-state index < -0.39 is 5.82 Å². The van der Waals surface area contributed by atoms with Crippen LogP contribution in [0.3, 0.4) is 0 Å². The van der Waals surface area contributed by atoms with Crippen LogP contribution >= 0.6 is 11.3 Å². The Bertz CT molecular complexity index is 484. The first kappa shape index (κ1) is 9.72. The van der Waals surface area contributed by atoms with Gasteiger partial charge in [0.1, 0.15) is 17.3 Å². The molecule has 0 aliphatic heterocycles. The highest BCUT2D eigenvalue weighted by atomic mass is 32.1. The van der Waals surface area contributed by atoms with Crippen molar-refractivity contribution < 1.29 is 9.50 Å². The molecule has 1 heterocycles. The van der Waals surface area contributed by atoms with Gasteiger partial charge in [0.2, 0.25) is 5.13 Å². The molecule has 0 saturated heterocycles. The van der Waals surface area contributed by atoms with E-state index in [-0.39, 0.29) is 11.4 Å². The Labute approximate surface area is 88.8 Å². The molecule has 1 aromatic heterocycles. The van der Waals surface area contributed by atoms with Crippen molar-refractivity contribution >= 4 is 22.2 Å². The van der Waals surface area contributed by atoms with Crippen LogP contribution < -0.4 is 0 Å². The van der Waals surface area contributed by atoms with Crippen molar-refractivity contribution in [1.82, 2.24) is 4.98 Å². The van der Waals surface area contributed by atoms with Gasteiger partial charge < -0.3 is 5.11 Å². The molecular weight excluding hydrogens is 217 g/mol. The van der Waals surface area contributed by atoms with E-state index in [1.54, 1.807) is 11.6 Å². The van der Waals surface area contributed by atoms with Crippen LogP contribution in [0.1, 0.15) is 0 Å². The van der Waals surface area contributed by atoms with Crippen molar-refractivity contribution in [1.29, 1.82) is 0 Å². The van der Waals surface area contributed by atoms with Crippen LogP contribution in [-0.4, -0.2) is 10.1 Å². The summed E-state index contributed by atoms with van der Waals surface area (Å²) in [5, 5.41) is 19.0. The Morgan fingerprint density at radius 2 is 2.20 bits per heavy atom. The van der Waals surface area contributed by atoms with Gasteiger partial charge in [-0.15, -0.1) is 21.6 Å². The summed E-state index contributed by atoms with van der Waals surface area (Å²) in [5.74, 6) is -0.586. The Morgan fingerprint density at radius 3 is 2.93 bits per heavy atom. The lowest BCUT2D eigenvalue weighted by molar-refractivity contribution is 0.474. The number of phenolic OH excluding ortho intramolecular Hbond substituents is 1. The Kier molecular flexibility index (Phi) is 2.68. The number of halogens is 1. The molecular formula is C9H6FN3OS. The highest BCUT2D eigenvalue weighted by Gasteiger charge is 2.01. The number of hydrogen-bond donors (Lipinski definition) is 1. The normalized spacial score (nSPS) is 11.0. The van der Waals surface area contributed by atoms with E-state index in [0.717, 1.165) is 12.1 Å². The van der Waals surface area contributed by atoms with E-state index in [1.165, 1.54) is 17.4 Å². The maximum Gasteiger partial charge on any atom is 0.229 e. The van der Waals surface area contributed by atoms with Crippen LogP contribution in [0.15, 0.2) is 40.0 Å². The highest BCUT2D eigenvalue weighted by molar-refractivity contribution is 7.13. The molecule has 76 valence electrons. The number of thiazole rings is 1. The van der Waals surface area contributed by atoms with Gasteiger partial charge in [-0.05, 0) is 12.1 Å². The molecule has 0 aliphatic carbocycles. The number of rotatable bonds is 2. The van der Waals surface area contributed by atoms with Crippen molar-refractivity contribution in [2.45, 2.75) is 0 Å². The average molecular weight is 223 g/mol. The number of benzene rings is 1. The second-order valence-corrected chi connectivity index (χ2v) is 3.52. The summed E-state index contributed by atoms with van der Waals surface area (Å²) in [6.07, 6.45) is 1.59. The fraction of sp³-hybridized carbons (Fsp3) is 0. The van der Waals surface area contributed by atoms with Gasteiger partial charge in [0.15, 0.2) is 0 Å². The zero-order chi connectivity index (χ0) is 10.7. The summed E-state index contributed by atoms with van der Waals surface area (Å²) in [5.41, 5.74) is 0.0881. The molecule has 2 rings (SSSR count). The van der Waals surface area contributed by atoms with Gasteiger partial charge in [-0.25, -0.2) is 9.37 Å². The quantitative estimate of drug-likeness (QED) is 0.793. The molecule has 2 aromatic rings. The summed E-state index contributed by atoms with van der Waals surface area (Å²) in [4.78, 5) is 3.87. The monoisotopic (exact) mass is 223 g/mol. The van der Waals surface area contributed by atoms with Crippen molar-refractivity contribution in [3.05, 3.63) is 35.6 Å². The smallest absolute Gasteiger partial charge is 0.229 e. The third-order valence-corrected chi connectivity index (χ3v) is 2.26. The molecule has 0 aliphatic rings. The van der Waals surface area contributed by atoms with E-state index >= 15 is 0 Å². The number of phenols is 1. The van der Waals surface area contributed by atoms with Crippen LogP contribution in [0.5, 0.6) is 5.75 Å². The predicted octanol–water partition coefficient (Wildman–Crippen LogP) is 3.40. The van der Waals surface area contributed by atoms with E-state index in [1.807, 2.05) is 0 Å². The molecule has 0 bridgehead atoms. The van der Waals surface area contributed by atoms with Gasteiger partial charge in [0, 0.05) is 17.6 Å². The topological polar surface area (TPSA) is 57.8 Å². The first-order valence-corrected chi connectivity index (χ1v) is 4.93. The molecule has 0 saturated carbocycles. The minimum absolute atomic E-state index is 0.0881. The fourth-order valence-electron chi connectivity index (χ4n) is 0.939. The molecule has 0 atom stereocenters. The molecule has 0 radical (unpaired) electrons. The largest absolute Gasteiger partial charge is 0.506 e. The van der Waals surface area contributed by atoms with Gasteiger partial charge in [-0.1, -0.05) is 0 Å². The molecule has 4 nitrogen and oxygen atoms in total. The van der Waals surface area contributed by atoms with E-state index in [2.05, 4.69) is 15.2 Å². The van der Waals surface area contributed by atoms with Crippen LogP contribution in [-0.2, 0) is 0 Å². The van der Waals surface area contributed by atoms with Crippen LogP contribution in [0, 0.1) is 5.82 Å². The van der Waals surface area contributed by atoms with Gasteiger partial charge in [-0.3, -0.25) is 0 Å². The maximum absolute atomic E-state index is 12.8. The molecule has 1 aromatic carbocycles. The lowest BCUT2D eigenvalue weighted by atomic mass is 10.3. The number of hydrogen-bond acceptors (Lipinski definition) is 5. The molecule has 15 heavy (non-hydrogen) atoms.